The molecule has 27 nitrogen and oxygen atoms in total. The number of halogens is 2. The Morgan fingerprint density at radius 3 is 1.14 bits per heavy atom. The van der Waals surface area contributed by atoms with E-state index >= 15 is 0 Å². The highest BCUT2D eigenvalue weighted by Crippen LogP contribution is 2.47. The first-order chi connectivity index (χ1) is 53.7. The smallest absolute Gasteiger partial charge is 0.270 e. The van der Waals surface area contributed by atoms with E-state index in [1.165, 1.54) is 20.3 Å². The maximum Gasteiger partial charge on any atom is 0.270 e. The number of H-pyrrole nitrogens is 3. The van der Waals surface area contributed by atoms with Crippen LogP contribution in [0.4, 0.5) is 43.7 Å². The van der Waals surface area contributed by atoms with Crippen LogP contribution in [0.2, 0.25) is 0 Å². The number of amides is 3. The highest BCUT2D eigenvalue weighted by atomic mass is 19.1. The normalized spacial score (nSPS) is 17.6. The quantitative estimate of drug-likeness (QED) is 0.0413. The van der Waals surface area contributed by atoms with Crippen LogP contribution in [-0.4, -0.2) is 237 Å². The minimum atomic E-state index is -1.44. The van der Waals surface area contributed by atoms with E-state index in [4.69, 9.17) is 14.2 Å². The Bertz CT molecular complexity index is 5310. The molecule has 0 spiro atoms. The van der Waals surface area contributed by atoms with Crippen molar-refractivity contribution in [2.24, 2.45) is 5.92 Å². The van der Waals surface area contributed by atoms with Crippen LogP contribution in [0, 0.1) is 5.92 Å². The van der Waals surface area contributed by atoms with Gasteiger partial charge in [0, 0.05) is 190 Å². The number of nitrogens with one attached hydrogen (secondary N) is 6. The summed E-state index contributed by atoms with van der Waals surface area (Å²) in [5, 5.41) is 12.6. The number of aromatic amines is 3. The lowest BCUT2D eigenvalue weighted by atomic mass is 9.96. The molecule has 572 valence electrons. The molecule has 12 heterocycles. The lowest BCUT2D eigenvalue weighted by Crippen LogP contribution is -2.47. The average molecular weight is 1500 g/mol. The molecule has 12 aromatic rings. The molecule has 29 heteroatoms. The summed E-state index contributed by atoms with van der Waals surface area (Å²) in [7, 11) is 6.22. The fourth-order valence-electron chi connectivity index (χ4n) is 13.3. The molecular weight excluding hydrogens is 1410 g/mol. The van der Waals surface area contributed by atoms with Gasteiger partial charge in [-0.05, 0) is 177 Å². The molecule has 2 unspecified atom stereocenters. The third-order valence-electron chi connectivity index (χ3n) is 20.4. The summed E-state index contributed by atoms with van der Waals surface area (Å²) < 4.78 is 45.0. The fourth-order valence-corrected chi connectivity index (χ4v) is 13.3. The number of fused-ring (bicyclic) bond motifs is 3. The first-order valence-corrected chi connectivity index (χ1v) is 37.5. The number of likely N-dealkylation sites (N-methyl/N-ethyl adjacent to an activating group) is 3. The number of carbonyl (C=O) groups excluding carboxylic acids is 3. The maximum absolute atomic E-state index is 13.8. The van der Waals surface area contributed by atoms with Crippen molar-refractivity contribution in [1.82, 2.24) is 89.2 Å². The third kappa shape index (κ3) is 18.8. The van der Waals surface area contributed by atoms with E-state index in [1.807, 2.05) is 106 Å². The van der Waals surface area contributed by atoms with Crippen LogP contribution >= 0.6 is 0 Å². The number of pyridine rings is 3. The molecule has 0 bridgehead atoms. The molecule has 3 amide bonds. The highest BCUT2D eigenvalue weighted by Gasteiger charge is 2.51. The molecular formula is C82H89F2N21O6. The van der Waals surface area contributed by atoms with Gasteiger partial charge in [0.05, 0.1) is 46.9 Å². The van der Waals surface area contributed by atoms with Crippen LogP contribution < -0.4 is 30.2 Å². The van der Waals surface area contributed by atoms with Crippen LogP contribution in [-0.2, 0) is 0 Å². The van der Waals surface area contributed by atoms with Crippen molar-refractivity contribution in [1.29, 1.82) is 0 Å². The Morgan fingerprint density at radius 2 is 0.802 bits per heavy atom. The van der Waals surface area contributed by atoms with Gasteiger partial charge in [0.2, 0.25) is 17.8 Å². The molecule has 111 heavy (non-hydrogen) atoms. The largest absolute Gasteiger partial charge is 0.493 e. The van der Waals surface area contributed by atoms with Gasteiger partial charge in [-0.15, -0.1) is 0 Å². The minimum absolute atomic E-state index is 0.0173. The van der Waals surface area contributed by atoms with Crippen molar-refractivity contribution in [3.8, 4) is 51.4 Å². The van der Waals surface area contributed by atoms with Crippen molar-refractivity contribution in [2.75, 3.05) is 129 Å². The van der Waals surface area contributed by atoms with Crippen LogP contribution in [0.3, 0.4) is 0 Å². The van der Waals surface area contributed by atoms with Gasteiger partial charge in [0.1, 0.15) is 52.3 Å². The summed E-state index contributed by atoms with van der Waals surface area (Å²) >= 11 is 0. The number of rotatable bonds is 20. The van der Waals surface area contributed by atoms with Gasteiger partial charge in [-0.25, -0.2) is 38.7 Å². The molecule has 2 aliphatic carbocycles. The SMILES string of the molecule is CN1CCN(C(=O)c2cc3cc(Nc4nccc(-c5cc(OC6CCC6)ccn5)n4)ccc3[nH]2)CC1.CN1CCN(C(=O)c2cc3cc(Nc4nccc(-c5cc(OCC(C)(C)F)ccn5)n4)ccc3[nH]2)CC1.CN1CCN(C(=O)c2cc3cc(Nc4nccc(-c5cc(OCC6CC6(C)F)ccn5)n4)ccc3[nH]2)CC1. The summed E-state index contributed by atoms with van der Waals surface area (Å²) in [6, 6.07) is 39.4. The van der Waals surface area contributed by atoms with Crippen molar-refractivity contribution >= 4 is 85.3 Å². The van der Waals surface area contributed by atoms with Crippen LogP contribution in [0.5, 0.6) is 17.2 Å². The molecule has 5 fully saturated rings. The maximum atomic E-state index is 13.8. The molecule has 2 saturated carbocycles. The standard InChI is InChI=1S/C28H30FN7O2.C27H30FN7O2.C27H29N7O2/c1-28(29)16-19(28)17-38-21-5-7-30-24(15-21)23-6-8-31-27(34-23)32-20-3-4-22-18(13-20)14-25(33-22)26(37)36-11-9-35(2)10-12-36;1-27(2,28)17-37-20-6-8-29-23(16-20)22-7-9-30-26(33-22)31-19-4-5-21-18(14-19)15-24(32-21)25(36)35-12-10-34(3)11-13-35;1-33-11-13-34(14-12-33)26(35)25-16-18-15-19(5-6-22(18)31-25)30-27-29-10-8-23(32-27)24-17-21(7-9-28-24)36-20-3-2-4-20/h3-8,13-15,19,33H,9-12,16-17H2,1-2H3,(H,31,32,34);4-9,14-16,32H,10-13,17H2,1-3H3,(H,30,31,33);5-10,15-17,20,31H,2-4,11-14H2,1H3,(H,29,30,32). The monoisotopic (exact) mass is 1500 g/mol. The lowest BCUT2D eigenvalue weighted by molar-refractivity contribution is 0.0652. The summed E-state index contributed by atoms with van der Waals surface area (Å²) in [6.45, 7) is 14.5. The zero-order valence-electron chi connectivity index (χ0n) is 62.9. The first kappa shape index (κ1) is 74.4. The Morgan fingerprint density at radius 1 is 0.459 bits per heavy atom. The fraction of sp³-hybridized carbons (Fsp3) is 0.341. The second kappa shape index (κ2) is 32.6. The number of ether oxygens (including phenoxy) is 3. The number of nitrogens with zero attached hydrogens (tertiary/aromatic N) is 15. The van der Waals surface area contributed by atoms with Crippen LogP contribution in [0.15, 0.2) is 165 Å². The molecule has 3 saturated heterocycles. The predicted octanol–water partition coefficient (Wildman–Crippen LogP) is 12.6. The molecule has 2 atom stereocenters. The van der Waals surface area contributed by atoms with Gasteiger partial charge in [0.15, 0.2) is 0 Å². The van der Waals surface area contributed by atoms with E-state index in [9.17, 15) is 23.2 Å². The molecule has 5 aliphatic rings. The van der Waals surface area contributed by atoms with Crippen LogP contribution in [0.1, 0.15) is 77.9 Å². The molecule has 6 N–H and O–H groups in total. The Kier molecular flexibility index (Phi) is 21.9. The molecule has 17 rings (SSSR count). The molecule has 9 aromatic heterocycles. The summed E-state index contributed by atoms with van der Waals surface area (Å²) in [5.74, 6) is 3.28. The van der Waals surface area contributed by atoms with Gasteiger partial charge in [0.25, 0.3) is 17.7 Å². The van der Waals surface area contributed by atoms with E-state index in [1.54, 1.807) is 80.5 Å². The average Bonchev–Trinajstić information content (AvgIpc) is 1.65. The second-order valence-electron chi connectivity index (χ2n) is 29.7. The van der Waals surface area contributed by atoms with E-state index in [-0.39, 0.29) is 30.2 Å². The van der Waals surface area contributed by atoms with E-state index in [0.29, 0.717) is 94.0 Å². The van der Waals surface area contributed by atoms with E-state index < -0.39 is 11.3 Å². The Labute approximate surface area is 640 Å². The van der Waals surface area contributed by atoms with Gasteiger partial charge in [-0.3, -0.25) is 29.3 Å². The van der Waals surface area contributed by atoms with Gasteiger partial charge < -0.3 is 74.5 Å². The highest BCUT2D eigenvalue weighted by molar-refractivity contribution is 6.01. The van der Waals surface area contributed by atoms with Gasteiger partial charge >= 0.3 is 0 Å². The Hall–Kier alpha value is -12.1. The number of anilines is 6. The minimum Gasteiger partial charge on any atom is -0.493 e. The topological polar surface area (TPSA) is 298 Å². The van der Waals surface area contributed by atoms with Gasteiger partial charge in [-0.2, -0.15) is 0 Å². The van der Waals surface area contributed by atoms with Crippen molar-refractivity contribution in [3.05, 3.63) is 182 Å². The van der Waals surface area contributed by atoms with Crippen molar-refractivity contribution in [3.63, 3.8) is 0 Å². The lowest BCUT2D eigenvalue weighted by Gasteiger charge is -2.32. The number of aromatic nitrogens is 12. The summed E-state index contributed by atoms with van der Waals surface area (Å²) in [4.78, 5) is 101. The molecule has 3 aliphatic heterocycles. The van der Waals surface area contributed by atoms with Gasteiger partial charge in [-0.1, -0.05) is 0 Å². The predicted molar refractivity (Wildman–Crippen MR) is 423 cm³/mol. The van der Waals surface area contributed by atoms with E-state index in [2.05, 4.69) is 112 Å². The molecule has 3 aromatic carbocycles. The van der Waals surface area contributed by atoms with E-state index in [0.717, 1.165) is 153 Å². The second-order valence-corrected chi connectivity index (χ2v) is 29.7. The summed E-state index contributed by atoms with van der Waals surface area (Å²) in [5.41, 5.74) is 8.28. The number of alkyl halides is 2. The van der Waals surface area contributed by atoms with Crippen molar-refractivity contribution < 1.29 is 37.4 Å². The molecule has 0 radical (unpaired) electrons. The number of carbonyl (C=O) groups is 3. The number of hydrogen-bond acceptors (Lipinski definition) is 21. The number of piperazine rings is 3. The number of benzene rings is 3. The first-order valence-electron chi connectivity index (χ1n) is 37.5. The zero-order chi connectivity index (χ0) is 76.8. The van der Waals surface area contributed by atoms with Crippen molar-refractivity contribution in [2.45, 2.75) is 63.9 Å². The van der Waals surface area contributed by atoms with Crippen LogP contribution in [0.25, 0.3) is 66.9 Å². The third-order valence-corrected chi connectivity index (χ3v) is 20.4. The number of hydrogen-bond donors (Lipinski definition) is 6. The Balaban J connectivity index is 0.000000132. The zero-order valence-corrected chi connectivity index (χ0v) is 62.9. The summed E-state index contributed by atoms with van der Waals surface area (Å²) in [6.07, 6.45) is 14.3.